The summed E-state index contributed by atoms with van der Waals surface area (Å²) >= 11 is 6.01. The van der Waals surface area contributed by atoms with Gasteiger partial charge < -0.3 is 19.5 Å². The zero-order valence-electron chi connectivity index (χ0n) is 23.4. The van der Waals surface area contributed by atoms with Gasteiger partial charge in [-0.3, -0.25) is 0 Å². The predicted octanol–water partition coefficient (Wildman–Crippen LogP) is 9.23. The van der Waals surface area contributed by atoms with Gasteiger partial charge in [-0.25, -0.2) is 4.39 Å². The molecule has 4 aromatic rings. The van der Waals surface area contributed by atoms with Crippen LogP contribution in [-0.2, 0) is 13.2 Å². The Labute approximate surface area is 240 Å². The van der Waals surface area contributed by atoms with E-state index in [9.17, 15) is 4.39 Å². The van der Waals surface area contributed by atoms with Crippen LogP contribution < -0.4 is 19.5 Å². The molecule has 4 nitrogen and oxygen atoms in total. The van der Waals surface area contributed by atoms with E-state index in [0.717, 1.165) is 44.6 Å². The van der Waals surface area contributed by atoms with Gasteiger partial charge in [-0.2, -0.15) is 0 Å². The summed E-state index contributed by atoms with van der Waals surface area (Å²) in [6.45, 7) is 8.99. The van der Waals surface area contributed by atoms with Crippen molar-refractivity contribution in [2.75, 3.05) is 12.4 Å². The molecule has 5 rings (SSSR count). The Morgan fingerprint density at radius 3 is 2.33 bits per heavy atom. The first kappa shape index (κ1) is 27.6. The Morgan fingerprint density at radius 2 is 1.57 bits per heavy atom. The molecule has 6 heteroatoms. The minimum atomic E-state index is -0.328. The second-order valence-corrected chi connectivity index (χ2v) is 11.1. The van der Waals surface area contributed by atoms with Crippen LogP contribution in [-0.4, -0.2) is 12.6 Å². The average molecular weight is 558 g/mol. The van der Waals surface area contributed by atoms with E-state index in [1.54, 1.807) is 13.2 Å². The van der Waals surface area contributed by atoms with E-state index in [4.69, 9.17) is 25.8 Å². The molecule has 1 aliphatic heterocycles. The lowest BCUT2D eigenvalue weighted by Crippen LogP contribution is -2.32. The van der Waals surface area contributed by atoms with Gasteiger partial charge in [-0.05, 0) is 86.4 Å². The van der Waals surface area contributed by atoms with Crippen molar-refractivity contribution in [3.8, 4) is 28.4 Å². The summed E-state index contributed by atoms with van der Waals surface area (Å²) in [6, 6.07) is 22.2. The smallest absolute Gasteiger partial charge is 0.130 e. The molecule has 0 unspecified atom stereocenters. The maximum absolute atomic E-state index is 14.0. The van der Waals surface area contributed by atoms with Crippen LogP contribution in [0.1, 0.15) is 43.0 Å². The summed E-state index contributed by atoms with van der Waals surface area (Å²) in [4.78, 5) is 0. The number of aryl methyl sites for hydroxylation is 1. The molecule has 4 aromatic carbocycles. The van der Waals surface area contributed by atoms with Crippen LogP contribution >= 0.6 is 11.6 Å². The van der Waals surface area contributed by atoms with Crippen LogP contribution in [0.3, 0.4) is 0 Å². The number of anilines is 1. The van der Waals surface area contributed by atoms with E-state index in [1.165, 1.54) is 12.1 Å². The molecule has 206 valence electrons. The van der Waals surface area contributed by atoms with Gasteiger partial charge in [0.25, 0.3) is 0 Å². The van der Waals surface area contributed by atoms with E-state index >= 15 is 0 Å². The maximum atomic E-state index is 14.0. The van der Waals surface area contributed by atoms with Crippen molar-refractivity contribution < 1.29 is 18.6 Å². The first-order valence-electron chi connectivity index (χ1n) is 13.2. The molecule has 1 heterocycles. The maximum Gasteiger partial charge on any atom is 0.130 e. The van der Waals surface area contributed by atoms with Gasteiger partial charge >= 0.3 is 0 Å². The number of allylic oxidation sites excluding steroid dienone is 1. The van der Waals surface area contributed by atoms with Crippen molar-refractivity contribution in [2.45, 2.75) is 46.4 Å². The standard InChI is InChI=1S/C34H33ClFNO3/c1-21-6-11-25(36)16-31(21)40-20-29-27(14-15-30-33(29)22(2)18-34(3,4)37-30)28-13-12-26(17-32(28)38-5)39-19-23-7-9-24(35)10-8-23/h6-18,37H,19-20H2,1-5H3. The van der Waals surface area contributed by atoms with Crippen LogP contribution in [0.5, 0.6) is 17.2 Å². The average Bonchev–Trinajstić information content (AvgIpc) is 2.92. The van der Waals surface area contributed by atoms with Crippen LogP contribution in [0.15, 0.2) is 78.9 Å². The third kappa shape index (κ3) is 5.95. The quantitative estimate of drug-likeness (QED) is 0.234. The van der Waals surface area contributed by atoms with Crippen molar-refractivity contribution >= 4 is 22.9 Å². The van der Waals surface area contributed by atoms with Gasteiger partial charge in [0, 0.05) is 39.5 Å². The van der Waals surface area contributed by atoms with Gasteiger partial charge in [-0.15, -0.1) is 0 Å². The highest BCUT2D eigenvalue weighted by Crippen LogP contribution is 2.43. The molecule has 1 N–H and O–H groups in total. The number of ether oxygens (including phenoxy) is 3. The number of benzene rings is 4. The number of nitrogens with one attached hydrogen (secondary N) is 1. The van der Waals surface area contributed by atoms with Crippen molar-refractivity contribution in [2.24, 2.45) is 0 Å². The van der Waals surface area contributed by atoms with Gasteiger partial charge in [0.15, 0.2) is 0 Å². The highest BCUT2D eigenvalue weighted by molar-refractivity contribution is 6.30. The molecular weight excluding hydrogens is 525 g/mol. The van der Waals surface area contributed by atoms with E-state index in [1.807, 2.05) is 49.4 Å². The summed E-state index contributed by atoms with van der Waals surface area (Å²) in [5, 5.41) is 4.32. The third-order valence-corrected chi connectivity index (χ3v) is 7.30. The summed E-state index contributed by atoms with van der Waals surface area (Å²) in [5.74, 6) is 1.57. The molecule has 0 fully saturated rings. The fraction of sp³-hybridized carbons (Fsp3) is 0.235. The lowest BCUT2D eigenvalue weighted by Gasteiger charge is -2.33. The highest BCUT2D eigenvalue weighted by atomic mass is 35.5. The molecule has 0 saturated heterocycles. The van der Waals surface area contributed by atoms with Gasteiger partial charge in [0.05, 0.1) is 12.6 Å². The fourth-order valence-corrected chi connectivity index (χ4v) is 5.34. The second-order valence-electron chi connectivity index (χ2n) is 10.7. The minimum Gasteiger partial charge on any atom is -0.496 e. The third-order valence-electron chi connectivity index (χ3n) is 7.05. The van der Waals surface area contributed by atoms with Gasteiger partial charge in [0.2, 0.25) is 0 Å². The Balaban J connectivity index is 1.53. The Morgan fingerprint density at radius 1 is 0.825 bits per heavy atom. The Kier molecular flexibility index (Phi) is 7.77. The highest BCUT2D eigenvalue weighted by Gasteiger charge is 2.27. The molecule has 0 spiro atoms. The molecule has 0 amide bonds. The van der Waals surface area contributed by atoms with Crippen molar-refractivity contribution in [3.63, 3.8) is 0 Å². The Bertz CT molecular complexity index is 1580. The van der Waals surface area contributed by atoms with Crippen molar-refractivity contribution in [3.05, 3.63) is 112 Å². The second kappa shape index (κ2) is 11.3. The van der Waals surface area contributed by atoms with Crippen LogP contribution in [0.2, 0.25) is 5.02 Å². The van der Waals surface area contributed by atoms with E-state index < -0.39 is 0 Å². The van der Waals surface area contributed by atoms with Crippen LogP contribution in [0.4, 0.5) is 10.1 Å². The first-order chi connectivity index (χ1) is 19.1. The Hall–Kier alpha value is -3.96. The number of halogens is 2. The minimum absolute atomic E-state index is 0.184. The summed E-state index contributed by atoms with van der Waals surface area (Å²) in [7, 11) is 1.65. The van der Waals surface area contributed by atoms with Crippen molar-refractivity contribution in [1.82, 2.24) is 0 Å². The van der Waals surface area contributed by atoms with Crippen LogP contribution in [0.25, 0.3) is 16.7 Å². The van der Waals surface area contributed by atoms with Crippen molar-refractivity contribution in [1.29, 1.82) is 0 Å². The van der Waals surface area contributed by atoms with E-state index in [0.29, 0.717) is 28.9 Å². The monoisotopic (exact) mass is 557 g/mol. The van der Waals surface area contributed by atoms with Crippen LogP contribution in [0, 0.1) is 12.7 Å². The molecular formula is C34H33ClFNO3. The topological polar surface area (TPSA) is 39.7 Å². The first-order valence-corrected chi connectivity index (χ1v) is 13.6. The normalized spacial score (nSPS) is 13.6. The zero-order chi connectivity index (χ0) is 28.4. The predicted molar refractivity (Wildman–Crippen MR) is 161 cm³/mol. The molecule has 0 saturated carbocycles. The molecule has 1 aliphatic rings. The number of hydrogen-bond acceptors (Lipinski definition) is 4. The molecule has 0 aliphatic carbocycles. The number of fused-ring (bicyclic) bond motifs is 1. The number of rotatable bonds is 8. The summed E-state index contributed by atoms with van der Waals surface area (Å²) < 4.78 is 32.2. The molecule has 0 aromatic heterocycles. The van der Waals surface area contributed by atoms with Gasteiger partial charge in [-0.1, -0.05) is 41.9 Å². The zero-order valence-corrected chi connectivity index (χ0v) is 24.2. The lowest BCUT2D eigenvalue weighted by atomic mass is 9.85. The lowest BCUT2D eigenvalue weighted by molar-refractivity contribution is 0.302. The molecule has 0 radical (unpaired) electrons. The van der Waals surface area contributed by atoms with E-state index in [2.05, 4.69) is 44.3 Å². The largest absolute Gasteiger partial charge is 0.496 e. The van der Waals surface area contributed by atoms with E-state index in [-0.39, 0.29) is 18.0 Å². The molecule has 0 bridgehead atoms. The molecule has 40 heavy (non-hydrogen) atoms. The summed E-state index contributed by atoms with van der Waals surface area (Å²) in [6.07, 6.45) is 2.22. The summed E-state index contributed by atoms with van der Waals surface area (Å²) in [5.41, 5.74) is 7.85. The SMILES string of the molecule is COc1cc(OCc2ccc(Cl)cc2)ccc1-c1ccc2c(c1COc1cc(F)ccc1C)C(C)=CC(C)(C)N2. The van der Waals surface area contributed by atoms with Gasteiger partial charge in [0.1, 0.15) is 36.3 Å². The number of methoxy groups -OCH3 is 1. The fourth-order valence-electron chi connectivity index (χ4n) is 5.21. The molecule has 0 atom stereocenters. The number of hydrogen-bond donors (Lipinski definition) is 1.